The van der Waals surface area contributed by atoms with E-state index in [1.54, 1.807) is 31.4 Å². The summed E-state index contributed by atoms with van der Waals surface area (Å²) >= 11 is 0. The van der Waals surface area contributed by atoms with E-state index in [0.29, 0.717) is 5.56 Å². The number of carbonyl (C=O) groups excluding carboxylic acids is 1. The molecule has 0 atom stereocenters. The van der Waals surface area contributed by atoms with Crippen LogP contribution in [0.2, 0.25) is 0 Å². The second-order valence-electron chi connectivity index (χ2n) is 4.90. The highest BCUT2D eigenvalue weighted by molar-refractivity contribution is 6.04. The van der Waals surface area contributed by atoms with Crippen molar-refractivity contribution < 1.29 is 9.53 Å². The summed E-state index contributed by atoms with van der Waals surface area (Å²) in [6, 6.07) is 14.9. The first-order valence-corrected chi connectivity index (χ1v) is 7.48. The first kappa shape index (κ1) is 15.9. The summed E-state index contributed by atoms with van der Waals surface area (Å²) in [4.78, 5) is 14.4. The lowest BCUT2D eigenvalue weighted by Crippen LogP contribution is -2.21. The number of rotatable bonds is 6. The third-order valence-corrected chi connectivity index (χ3v) is 3.61. The van der Waals surface area contributed by atoms with Crippen LogP contribution in [0.25, 0.3) is 0 Å². The van der Waals surface area contributed by atoms with Crippen molar-refractivity contribution in [2.75, 3.05) is 30.4 Å². The Labute approximate surface area is 131 Å². The predicted octanol–water partition coefficient (Wildman–Crippen LogP) is 3.79. The number of carbonyl (C=O) groups is 1. The van der Waals surface area contributed by atoms with Crippen LogP contribution in [0.15, 0.2) is 48.5 Å². The molecule has 0 radical (unpaired) electrons. The molecule has 0 spiro atoms. The minimum absolute atomic E-state index is 0.127. The van der Waals surface area contributed by atoms with Gasteiger partial charge < -0.3 is 15.0 Å². The van der Waals surface area contributed by atoms with E-state index in [0.717, 1.165) is 30.2 Å². The maximum absolute atomic E-state index is 12.2. The van der Waals surface area contributed by atoms with Gasteiger partial charge in [-0.25, -0.2) is 0 Å². The lowest BCUT2D eigenvalue weighted by atomic mass is 10.2. The average Bonchev–Trinajstić information content (AvgIpc) is 2.57. The minimum atomic E-state index is -0.127. The van der Waals surface area contributed by atoms with Crippen LogP contribution < -0.4 is 15.0 Å². The fraction of sp³-hybridized carbons (Fsp3) is 0.278. The highest BCUT2D eigenvalue weighted by Crippen LogP contribution is 2.19. The normalized spacial score (nSPS) is 10.1. The minimum Gasteiger partial charge on any atom is -0.497 e. The number of nitrogens with zero attached hydrogens (tertiary/aromatic N) is 1. The molecule has 0 aliphatic rings. The van der Waals surface area contributed by atoms with Crippen LogP contribution in [0.1, 0.15) is 24.2 Å². The molecular formula is C18H22N2O2. The SMILES string of the molecule is CCN(CC)c1ccc(NC(=O)c2ccc(OC)cc2)cc1. The molecule has 2 aromatic carbocycles. The van der Waals surface area contributed by atoms with Crippen molar-refractivity contribution in [2.24, 2.45) is 0 Å². The average molecular weight is 298 g/mol. The summed E-state index contributed by atoms with van der Waals surface area (Å²) in [7, 11) is 1.60. The van der Waals surface area contributed by atoms with Gasteiger partial charge in [0.25, 0.3) is 5.91 Å². The van der Waals surface area contributed by atoms with Gasteiger partial charge in [0.1, 0.15) is 5.75 Å². The number of ether oxygens (including phenoxy) is 1. The third kappa shape index (κ3) is 3.79. The van der Waals surface area contributed by atoms with Gasteiger partial charge in [-0.05, 0) is 62.4 Å². The van der Waals surface area contributed by atoms with E-state index in [2.05, 4.69) is 24.1 Å². The van der Waals surface area contributed by atoms with Crippen LogP contribution in [-0.2, 0) is 0 Å². The third-order valence-electron chi connectivity index (χ3n) is 3.61. The zero-order valence-corrected chi connectivity index (χ0v) is 13.3. The molecule has 0 unspecified atom stereocenters. The molecule has 4 nitrogen and oxygen atoms in total. The maximum Gasteiger partial charge on any atom is 0.255 e. The largest absolute Gasteiger partial charge is 0.497 e. The topological polar surface area (TPSA) is 41.6 Å². The predicted molar refractivity (Wildman–Crippen MR) is 91.0 cm³/mol. The van der Waals surface area contributed by atoms with Crippen molar-refractivity contribution >= 4 is 17.3 Å². The highest BCUT2D eigenvalue weighted by atomic mass is 16.5. The number of hydrogen-bond donors (Lipinski definition) is 1. The van der Waals surface area contributed by atoms with Crippen molar-refractivity contribution in [1.82, 2.24) is 0 Å². The maximum atomic E-state index is 12.2. The van der Waals surface area contributed by atoms with Crippen LogP contribution in [0.3, 0.4) is 0 Å². The molecule has 2 rings (SSSR count). The van der Waals surface area contributed by atoms with E-state index in [1.165, 1.54) is 0 Å². The van der Waals surface area contributed by atoms with Gasteiger partial charge >= 0.3 is 0 Å². The molecule has 0 heterocycles. The van der Waals surface area contributed by atoms with Crippen molar-refractivity contribution in [1.29, 1.82) is 0 Å². The Balaban J connectivity index is 2.04. The number of amides is 1. The van der Waals surface area contributed by atoms with E-state index in [-0.39, 0.29) is 5.91 Å². The fourth-order valence-corrected chi connectivity index (χ4v) is 2.29. The van der Waals surface area contributed by atoms with Gasteiger partial charge in [0.15, 0.2) is 0 Å². The monoisotopic (exact) mass is 298 g/mol. The Morgan fingerprint density at radius 1 is 1.00 bits per heavy atom. The molecule has 0 aromatic heterocycles. The lowest BCUT2D eigenvalue weighted by molar-refractivity contribution is 0.102. The molecule has 1 N–H and O–H groups in total. The van der Waals surface area contributed by atoms with Gasteiger partial charge in [0.2, 0.25) is 0 Å². The summed E-state index contributed by atoms with van der Waals surface area (Å²) < 4.78 is 5.09. The number of methoxy groups -OCH3 is 1. The van der Waals surface area contributed by atoms with Crippen LogP contribution in [0.4, 0.5) is 11.4 Å². The Hall–Kier alpha value is -2.49. The second-order valence-corrected chi connectivity index (χ2v) is 4.90. The molecule has 0 bridgehead atoms. The Bertz CT molecular complexity index is 602. The van der Waals surface area contributed by atoms with Crippen LogP contribution >= 0.6 is 0 Å². The number of benzene rings is 2. The Morgan fingerprint density at radius 2 is 1.59 bits per heavy atom. The van der Waals surface area contributed by atoms with Gasteiger partial charge in [-0.2, -0.15) is 0 Å². The van der Waals surface area contributed by atoms with E-state index in [4.69, 9.17) is 4.74 Å². The molecule has 0 fully saturated rings. The molecule has 0 saturated heterocycles. The van der Waals surface area contributed by atoms with E-state index in [9.17, 15) is 4.79 Å². The van der Waals surface area contributed by atoms with E-state index >= 15 is 0 Å². The van der Waals surface area contributed by atoms with Crippen LogP contribution in [-0.4, -0.2) is 26.1 Å². The zero-order chi connectivity index (χ0) is 15.9. The fourth-order valence-electron chi connectivity index (χ4n) is 2.29. The smallest absolute Gasteiger partial charge is 0.255 e. The quantitative estimate of drug-likeness (QED) is 0.882. The molecule has 1 amide bonds. The summed E-state index contributed by atoms with van der Waals surface area (Å²) in [5.74, 6) is 0.610. The molecule has 22 heavy (non-hydrogen) atoms. The van der Waals surface area contributed by atoms with Crippen molar-refractivity contribution in [3.63, 3.8) is 0 Å². The van der Waals surface area contributed by atoms with Gasteiger partial charge in [0, 0.05) is 30.0 Å². The van der Waals surface area contributed by atoms with Gasteiger partial charge in [-0.1, -0.05) is 0 Å². The van der Waals surface area contributed by atoms with Gasteiger partial charge in [-0.3, -0.25) is 4.79 Å². The number of hydrogen-bond acceptors (Lipinski definition) is 3. The first-order valence-electron chi connectivity index (χ1n) is 7.48. The molecule has 2 aromatic rings. The molecule has 4 heteroatoms. The summed E-state index contributed by atoms with van der Waals surface area (Å²) in [5.41, 5.74) is 2.55. The van der Waals surface area contributed by atoms with Crippen LogP contribution in [0.5, 0.6) is 5.75 Å². The molecule has 116 valence electrons. The van der Waals surface area contributed by atoms with Crippen molar-refractivity contribution in [3.05, 3.63) is 54.1 Å². The number of anilines is 2. The summed E-state index contributed by atoms with van der Waals surface area (Å²) in [6.45, 7) is 6.19. The first-order chi connectivity index (χ1) is 10.7. The standard InChI is InChI=1S/C18H22N2O2/c1-4-20(5-2)16-10-8-15(9-11-16)19-18(21)14-6-12-17(22-3)13-7-14/h6-13H,4-5H2,1-3H3,(H,19,21). The molecule has 0 saturated carbocycles. The molecule has 0 aliphatic carbocycles. The number of nitrogens with one attached hydrogen (secondary N) is 1. The second kappa shape index (κ2) is 7.50. The molecular weight excluding hydrogens is 276 g/mol. The molecule has 0 aliphatic heterocycles. The zero-order valence-electron chi connectivity index (χ0n) is 13.3. The van der Waals surface area contributed by atoms with E-state index in [1.807, 2.05) is 24.3 Å². The van der Waals surface area contributed by atoms with Gasteiger partial charge in [0.05, 0.1) is 7.11 Å². The summed E-state index contributed by atoms with van der Waals surface area (Å²) in [5, 5.41) is 2.90. The van der Waals surface area contributed by atoms with Gasteiger partial charge in [-0.15, -0.1) is 0 Å². The highest BCUT2D eigenvalue weighted by Gasteiger charge is 2.07. The van der Waals surface area contributed by atoms with Crippen molar-refractivity contribution in [3.8, 4) is 5.75 Å². The van der Waals surface area contributed by atoms with Crippen LogP contribution in [0, 0.1) is 0 Å². The Kier molecular flexibility index (Phi) is 5.42. The Morgan fingerprint density at radius 3 is 2.09 bits per heavy atom. The van der Waals surface area contributed by atoms with E-state index < -0.39 is 0 Å². The summed E-state index contributed by atoms with van der Waals surface area (Å²) in [6.07, 6.45) is 0. The lowest BCUT2D eigenvalue weighted by Gasteiger charge is -2.21. The van der Waals surface area contributed by atoms with Crippen molar-refractivity contribution in [2.45, 2.75) is 13.8 Å².